The van der Waals surface area contributed by atoms with Gasteiger partial charge in [0.2, 0.25) is 5.82 Å². The summed E-state index contributed by atoms with van der Waals surface area (Å²) < 4.78 is 5.64. The van der Waals surface area contributed by atoms with E-state index < -0.39 is 0 Å². The average molecular weight is 369 g/mol. The third kappa shape index (κ3) is 3.10. The van der Waals surface area contributed by atoms with Crippen molar-refractivity contribution in [2.24, 2.45) is 5.41 Å². The zero-order valence-corrected chi connectivity index (χ0v) is 16.3. The fraction of sp³-hybridized carbons (Fsp3) is 0.429. The molecule has 0 radical (unpaired) electrons. The number of aromatic nitrogens is 2. The number of aryl methyl sites for hydroxylation is 1. The molecule has 0 saturated carbocycles. The average Bonchev–Trinajstić information content (AvgIpc) is 3.25. The van der Waals surface area contributed by atoms with E-state index in [0.717, 1.165) is 35.3 Å². The van der Waals surface area contributed by atoms with Gasteiger partial charge in [-0.2, -0.15) is 4.98 Å². The van der Waals surface area contributed by atoms with E-state index in [4.69, 9.17) is 4.52 Å². The summed E-state index contributed by atoms with van der Waals surface area (Å²) in [5.74, 6) is 1.23. The maximum Gasteiger partial charge on any atom is 0.268 e. The van der Waals surface area contributed by atoms with Crippen molar-refractivity contribution in [3.63, 3.8) is 0 Å². The van der Waals surface area contributed by atoms with E-state index in [1.807, 2.05) is 35.6 Å². The first-order valence-electron chi connectivity index (χ1n) is 9.18. The minimum Gasteiger partial charge on any atom is -0.392 e. The van der Waals surface area contributed by atoms with Gasteiger partial charge in [0.15, 0.2) is 0 Å². The topological polar surface area (TPSA) is 59.2 Å². The molecule has 2 aromatic heterocycles. The zero-order chi connectivity index (χ0) is 18.3. The summed E-state index contributed by atoms with van der Waals surface area (Å²) in [4.78, 5) is 7.27. The second kappa shape index (κ2) is 6.63. The van der Waals surface area contributed by atoms with Crippen molar-refractivity contribution in [2.45, 2.75) is 53.1 Å². The van der Waals surface area contributed by atoms with E-state index in [9.17, 15) is 5.11 Å². The summed E-state index contributed by atoms with van der Waals surface area (Å²) in [6.07, 6.45) is 4.45. The summed E-state index contributed by atoms with van der Waals surface area (Å²) in [6.45, 7) is 6.97. The van der Waals surface area contributed by atoms with Crippen LogP contribution in [0.2, 0.25) is 0 Å². The van der Waals surface area contributed by atoms with Crippen molar-refractivity contribution in [1.29, 1.82) is 0 Å². The Balaban J connectivity index is 1.71. The maximum atomic E-state index is 9.18. The number of nitrogens with zero attached hydrogens (tertiary/aromatic N) is 2. The fourth-order valence-corrected chi connectivity index (χ4v) is 4.93. The largest absolute Gasteiger partial charge is 0.392 e. The van der Waals surface area contributed by atoms with Gasteiger partial charge in [-0.15, -0.1) is 11.3 Å². The molecular formula is C21H24N2O2S. The highest BCUT2D eigenvalue weighted by Gasteiger charge is 2.32. The van der Waals surface area contributed by atoms with Crippen molar-refractivity contribution in [3.8, 4) is 22.2 Å². The third-order valence-corrected chi connectivity index (χ3v) is 6.65. The normalized spacial score (nSPS) is 15.8. The molecule has 2 heterocycles. The second-order valence-electron chi connectivity index (χ2n) is 7.78. The first-order valence-corrected chi connectivity index (χ1v) is 10.00. The second-order valence-corrected chi connectivity index (χ2v) is 8.89. The molecule has 0 unspecified atom stereocenters. The van der Waals surface area contributed by atoms with Crippen LogP contribution in [0.15, 0.2) is 28.8 Å². The lowest BCUT2D eigenvalue weighted by Crippen LogP contribution is -2.22. The monoisotopic (exact) mass is 368 g/mol. The van der Waals surface area contributed by atoms with Crippen LogP contribution in [-0.4, -0.2) is 15.2 Å². The highest BCUT2D eigenvalue weighted by atomic mass is 32.1. The maximum absolute atomic E-state index is 9.18. The fourth-order valence-electron chi connectivity index (χ4n) is 3.70. The van der Waals surface area contributed by atoms with Gasteiger partial charge in [-0.05, 0) is 47.8 Å². The summed E-state index contributed by atoms with van der Waals surface area (Å²) in [5, 5.41) is 13.4. The molecule has 3 aromatic rings. The van der Waals surface area contributed by atoms with E-state index >= 15 is 0 Å². The first kappa shape index (κ1) is 17.4. The Hall–Kier alpha value is -1.98. The molecule has 0 saturated heterocycles. The van der Waals surface area contributed by atoms with Gasteiger partial charge >= 0.3 is 0 Å². The third-order valence-electron chi connectivity index (χ3n) is 5.24. The van der Waals surface area contributed by atoms with Crippen molar-refractivity contribution in [1.82, 2.24) is 10.1 Å². The van der Waals surface area contributed by atoms with E-state index in [-0.39, 0.29) is 6.61 Å². The molecule has 0 aliphatic heterocycles. The molecule has 136 valence electrons. The van der Waals surface area contributed by atoms with Crippen molar-refractivity contribution in [2.75, 3.05) is 0 Å². The summed E-state index contributed by atoms with van der Waals surface area (Å²) in [6, 6.07) is 7.61. The van der Waals surface area contributed by atoms with Crippen molar-refractivity contribution >= 4 is 11.3 Å². The Bertz CT molecular complexity index is 922. The smallest absolute Gasteiger partial charge is 0.268 e. The van der Waals surface area contributed by atoms with Gasteiger partial charge in [-0.25, -0.2) is 0 Å². The molecule has 1 N–H and O–H groups in total. The van der Waals surface area contributed by atoms with Crippen LogP contribution in [0.5, 0.6) is 0 Å². The van der Waals surface area contributed by atoms with Gasteiger partial charge < -0.3 is 9.63 Å². The predicted octanol–water partition coefficient (Wildman–Crippen LogP) is 5.03. The number of rotatable bonds is 4. The molecule has 0 spiro atoms. The Kier molecular flexibility index (Phi) is 4.45. The molecular weight excluding hydrogens is 344 g/mol. The number of aliphatic hydroxyl groups excluding tert-OH is 1. The Labute approximate surface area is 157 Å². The number of aliphatic hydroxyl groups is 1. The Morgan fingerprint density at radius 2 is 1.96 bits per heavy atom. The zero-order valence-electron chi connectivity index (χ0n) is 15.5. The standard InChI is InChI=1S/C21H24N2O2S/c1-4-17-16-11-21(2,3)10-9-15(16)18(26-17)20-22-19(23-25-20)14-7-5-13(12-24)6-8-14/h5-8,24H,4,9-12H2,1-3H3. The Morgan fingerprint density at radius 3 is 2.65 bits per heavy atom. The van der Waals surface area contributed by atoms with Crippen LogP contribution in [0.25, 0.3) is 22.2 Å². The summed E-state index contributed by atoms with van der Waals surface area (Å²) in [7, 11) is 0. The number of hydrogen-bond donors (Lipinski definition) is 1. The van der Waals surface area contributed by atoms with E-state index in [1.54, 1.807) is 0 Å². The van der Waals surface area contributed by atoms with Gasteiger partial charge in [-0.1, -0.05) is 50.2 Å². The number of hydrogen-bond acceptors (Lipinski definition) is 5. The lowest BCUT2D eigenvalue weighted by molar-refractivity contribution is 0.282. The van der Waals surface area contributed by atoms with Crippen LogP contribution in [0.3, 0.4) is 0 Å². The number of benzene rings is 1. The predicted molar refractivity (Wildman–Crippen MR) is 104 cm³/mol. The van der Waals surface area contributed by atoms with Gasteiger partial charge in [0.1, 0.15) is 0 Å². The molecule has 1 aromatic carbocycles. The van der Waals surface area contributed by atoms with Crippen molar-refractivity contribution < 1.29 is 9.63 Å². The molecule has 0 bridgehead atoms. The van der Waals surface area contributed by atoms with E-state index in [0.29, 0.717) is 17.1 Å². The molecule has 0 fully saturated rings. The van der Waals surface area contributed by atoms with Crippen LogP contribution < -0.4 is 0 Å². The lowest BCUT2D eigenvalue weighted by Gasteiger charge is -2.30. The lowest BCUT2D eigenvalue weighted by atomic mass is 9.74. The number of thiophene rings is 1. The highest BCUT2D eigenvalue weighted by Crippen LogP contribution is 2.45. The van der Waals surface area contributed by atoms with E-state index in [2.05, 4.69) is 30.9 Å². The van der Waals surface area contributed by atoms with Gasteiger partial charge in [-0.3, -0.25) is 0 Å². The van der Waals surface area contributed by atoms with E-state index in [1.165, 1.54) is 22.4 Å². The molecule has 5 heteroatoms. The molecule has 1 aliphatic carbocycles. The van der Waals surface area contributed by atoms with Crippen LogP contribution in [0.1, 0.15) is 48.8 Å². The van der Waals surface area contributed by atoms with Crippen LogP contribution in [0, 0.1) is 5.41 Å². The Morgan fingerprint density at radius 1 is 1.19 bits per heavy atom. The molecule has 4 rings (SSSR count). The molecule has 26 heavy (non-hydrogen) atoms. The van der Waals surface area contributed by atoms with Gasteiger partial charge in [0.25, 0.3) is 5.89 Å². The minimum absolute atomic E-state index is 0.0370. The molecule has 0 atom stereocenters. The summed E-state index contributed by atoms with van der Waals surface area (Å²) in [5.41, 5.74) is 5.07. The minimum atomic E-state index is 0.0370. The van der Waals surface area contributed by atoms with Gasteiger partial charge in [0.05, 0.1) is 11.5 Å². The summed E-state index contributed by atoms with van der Waals surface area (Å²) >= 11 is 1.81. The van der Waals surface area contributed by atoms with Gasteiger partial charge in [0, 0.05) is 10.4 Å². The van der Waals surface area contributed by atoms with Crippen LogP contribution >= 0.6 is 11.3 Å². The molecule has 0 amide bonds. The van der Waals surface area contributed by atoms with Crippen molar-refractivity contribution in [3.05, 3.63) is 45.8 Å². The molecule has 1 aliphatic rings. The highest BCUT2D eigenvalue weighted by molar-refractivity contribution is 7.15. The SMILES string of the molecule is CCc1sc(-c2nc(-c3ccc(CO)cc3)no2)c2c1CC(C)(C)CC2. The number of fused-ring (bicyclic) bond motifs is 1. The first-order chi connectivity index (χ1) is 12.5. The quantitative estimate of drug-likeness (QED) is 0.701. The van der Waals surface area contributed by atoms with Crippen LogP contribution in [0.4, 0.5) is 0 Å². The molecule has 4 nitrogen and oxygen atoms in total. The van der Waals surface area contributed by atoms with Crippen LogP contribution in [-0.2, 0) is 25.9 Å².